The van der Waals surface area contributed by atoms with Gasteiger partial charge in [0.25, 0.3) is 0 Å². The van der Waals surface area contributed by atoms with Gasteiger partial charge in [0.2, 0.25) is 0 Å². The van der Waals surface area contributed by atoms with E-state index >= 15 is 0 Å². The summed E-state index contributed by atoms with van der Waals surface area (Å²) in [4.78, 5) is 0. The number of hydrogen-bond donors (Lipinski definition) is 0. The van der Waals surface area contributed by atoms with Gasteiger partial charge in [0.1, 0.15) is 0 Å². The van der Waals surface area contributed by atoms with Gasteiger partial charge < -0.3 is 9.31 Å². The van der Waals surface area contributed by atoms with Gasteiger partial charge in [-0.25, -0.2) is 0 Å². The van der Waals surface area contributed by atoms with Crippen LogP contribution in [0.25, 0.3) is 0 Å². The maximum atomic E-state index is 5.91. The third-order valence-corrected chi connectivity index (χ3v) is 2.93. The van der Waals surface area contributed by atoms with Crippen LogP contribution in [0.2, 0.25) is 0 Å². The van der Waals surface area contributed by atoms with Crippen LogP contribution >= 0.6 is 0 Å². The summed E-state index contributed by atoms with van der Waals surface area (Å²) in [5.41, 5.74) is 2.25. The fraction of sp³-hybridized carbons (Fsp3) is 0.143. The third kappa shape index (κ3) is 2.26. The highest BCUT2D eigenvalue weighted by molar-refractivity contribution is 6.61. The van der Waals surface area contributed by atoms with Crippen molar-refractivity contribution in [1.29, 1.82) is 0 Å². The van der Waals surface area contributed by atoms with Gasteiger partial charge in [-0.1, -0.05) is 60.7 Å². The summed E-state index contributed by atoms with van der Waals surface area (Å²) in [5, 5.41) is 0. The molecule has 1 unspecified atom stereocenters. The molecule has 84 valence electrons. The van der Waals surface area contributed by atoms with Crippen LogP contribution < -0.4 is 5.46 Å². The largest absolute Gasteiger partial charge is 0.494 e. The molecule has 17 heavy (non-hydrogen) atoms. The Bertz CT molecular complexity index is 427. The topological polar surface area (TPSA) is 18.5 Å². The Labute approximate surface area is 101 Å². The summed E-state index contributed by atoms with van der Waals surface area (Å²) in [7, 11) is -0.235. The fourth-order valence-corrected chi connectivity index (χ4v) is 2.03. The molecular formula is C14H13BO2. The summed E-state index contributed by atoms with van der Waals surface area (Å²) >= 11 is 0. The fourth-order valence-electron chi connectivity index (χ4n) is 2.03. The maximum Gasteiger partial charge on any atom is 0.494 e. The molecule has 0 spiro atoms. The van der Waals surface area contributed by atoms with Crippen molar-refractivity contribution < 1.29 is 9.31 Å². The molecule has 2 nitrogen and oxygen atoms in total. The Hall–Kier alpha value is -1.58. The molecule has 0 bridgehead atoms. The van der Waals surface area contributed by atoms with E-state index in [0.29, 0.717) is 6.61 Å². The van der Waals surface area contributed by atoms with E-state index in [-0.39, 0.29) is 13.2 Å². The van der Waals surface area contributed by atoms with Gasteiger partial charge in [-0.15, -0.1) is 0 Å². The van der Waals surface area contributed by atoms with Gasteiger partial charge >= 0.3 is 7.12 Å². The molecule has 3 heteroatoms. The summed E-state index contributed by atoms with van der Waals surface area (Å²) in [6, 6.07) is 20.2. The third-order valence-electron chi connectivity index (χ3n) is 2.93. The lowest BCUT2D eigenvalue weighted by Crippen LogP contribution is -2.31. The monoisotopic (exact) mass is 224 g/mol. The minimum atomic E-state index is -0.235. The molecule has 0 N–H and O–H groups in total. The zero-order valence-electron chi connectivity index (χ0n) is 9.45. The molecule has 2 aromatic carbocycles. The molecule has 1 atom stereocenters. The predicted octanol–water partition coefficient (Wildman–Crippen LogP) is 2.17. The SMILES string of the molecule is c1ccc(B2OCC(c3ccccc3)O2)cc1. The smallest absolute Gasteiger partial charge is 0.404 e. The van der Waals surface area contributed by atoms with Crippen LogP contribution in [-0.2, 0) is 9.31 Å². The second kappa shape index (κ2) is 4.74. The molecule has 0 amide bonds. The lowest BCUT2D eigenvalue weighted by Gasteiger charge is -2.09. The summed E-state index contributed by atoms with van der Waals surface area (Å²) in [5.74, 6) is 0. The Kier molecular flexibility index (Phi) is 2.95. The summed E-state index contributed by atoms with van der Waals surface area (Å²) in [6.07, 6.45) is 0.0430. The second-order valence-corrected chi connectivity index (χ2v) is 4.11. The van der Waals surface area contributed by atoms with E-state index in [1.165, 1.54) is 5.56 Å². The van der Waals surface area contributed by atoms with Crippen molar-refractivity contribution in [3.63, 3.8) is 0 Å². The molecule has 0 saturated carbocycles. The molecule has 1 fully saturated rings. The first kappa shape index (κ1) is 10.6. The minimum absolute atomic E-state index is 0.0430. The quantitative estimate of drug-likeness (QED) is 0.728. The van der Waals surface area contributed by atoms with Crippen LogP contribution in [-0.4, -0.2) is 13.7 Å². The van der Waals surface area contributed by atoms with Gasteiger partial charge in [0.15, 0.2) is 0 Å². The van der Waals surface area contributed by atoms with Gasteiger partial charge in [0.05, 0.1) is 12.7 Å². The molecular weight excluding hydrogens is 211 g/mol. The van der Waals surface area contributed by atoms with E-state index in [0.717, 1.165) is 5.46 Å². The molecule has 1 heterocycles. The molecule has 3 rings (SSSR count). The Morgan fingerprint density at radius 2 is 1.53 bits per heavy atom. The van der Waals surface area contributed by atoms with Gasteiger partial charge in [0, 0.05) is 0 Å². The average molecular weight is 224 g/mol. The van der Waals surface area contributed by atoms with Crippen molar-refractivity contribution in [3.8, 4) is 0 Å². The number of rotatable bonds is 2. The van der Waals surface area contributed by atoms with Gasteiger partial charge in [-0.3, -0.25) is 0 Å². The molecule has 1 saturated heterocycles. The van der Waals surface area contributed by atoms with E-state index in [4.69, 9.17) is 9.31 Å². The Morgan fingerprint density at radius 3 is 2.24 bits per heavy atom. The van der Waals surface area contributed by atoms with Gasteiger partial charge in [-0.05, 0) is 11.0 Å². The highest BCUT2D eigenvalue weighted by Gasteiger charge is 2.33. The second-order valence-electron chi connectivity index (χ2n) is 4.11. The predicted molar refractivity (Wildman–Crippen MR) is 68.1 cm³/mol. The first-order chi connectivity index (χ1) is 8.43. The van der Waals surface area contributed by atoms with Crippen molar-refractivity contribution in [1.82, 2.24) is 0 Å². The van der Waals surface area contributed by atoms with E-state index in [2.05, 4.69) is 12.1 Å². The minimum Gasteiger partial charge on any atom is -0.404 e. The molecule has 2 aromatic rings. The van der Waals surface area contributed by atoms with E-state index < -0.39 is 0 Å². The molecule has 1 aliphatic rings. The van der Waals surface area contributed by atoms with Crippen LogP contribution in [0.5, 0.6) is 0 Å². The van der Waals surface area contributed by atoms with Crippen LogP contribution in [0.4, 0.5) is 0 Å². The number of hydrogen-bond acceptors (Lipinski definition) is 2. The lowest BCUT2D eigenvalue weighted by atomic mass is 9.79. The normalized spacial score (nSPS) is 19.5. The first-order valence-corrected chi connectivity index (χ1v) is 5.80. The Morgan fingerprint density at radius 1 is 0.882 bits per heavy atom. The zero-order chi connectivity index (χ0) is 11.5. The van der Waals surface area contributed by atoms with Crippen molar-refractivity contribution in [3.05, 3.63) is 66.2 Å². The highest BCUT2D eigenvalue weighted by Crippen LogP contribution is 2.24. The van der Waals surface area contributed by atoms with Crippen LogP contribution in [0.3, 0.4) is 0 Å². The first-order valence-electron chi connectivity index (χ1n) is 5.80. The highest BCUT2D eigenvalue weighted by atomic mass is 16.6. The maximum absolute atomic E-state index is 5.91. The average Bonchev–Trinajstić information content (AvgIpc) is 2.90. The van der Waals surface area contributed by atoms with Crippen molar-refractivity contribution >= 4 is 12.6 Å². The van der Waals surface area contributed by atoms with Crippen molar-refractivity contribution in [2.24, 2.45) is 0 Å². The van der Waals surface area contributed by atoms with E-state index in [1.807, 2.05) is 48.5 Å². The van der Waals surface area contributed by atoms with Crippen LogP contribution in [0.15, 0.2) is 60.7 Å². The molecule has 0 aromatic heterocycles. The van der Waals surface area contributed by atoms with Crippen molar-refractivity contribution in [2.75, 3.05) is 6.61 Å². The Balaban J connectivity index is 1.75. The molecule has 1 aliphatic heterocycles. The van der Waals surface area contributed by atoms with Crippen LogP contribution in [0.1, 0.15) is 11.7 Å². The lowest BCUT2D eigenvalue weighted by molar-refractivity contribution is 0.241. The van der Waals surface area contributed by atoms with E-state index in [1.54, 1.807) is 0 Å². The molecule has 0 aliphatic carbocycles. The number of benzene rings is 2. The summed E-state index contributed by atoms with van der Waals surface area (Å²) < 4.78 is 11.6. The summed E-state index contributed by atoms with van der Waals surface area (Å²) in [6.45, 7) is 0.615. The van der Waals surface area contributed by atoms with Crippen LogP contribution in [0, 0.1) is 0 Å². The van der Waals surface area contributed by atoms with E-state index in [9.17, 15) is 0 Å². The van der Waals surface area contributed by atoms with Crippen molar-refractivity contribution in [2.45, 2.75) is 6.10 Å². The molecule has 0 radical (unpaired) electrons. The van der Waals surface area contributed by atoms with Gasteiger partial charge in [-0.2, -0.15) is 0 Å². The zero-order valence-corrected chi connectivity index (χ0v) is 9.45. The standard InChI is InChI=1S/C14H13BO2/c1-3-7-12(8-4-1)14-11-16-15(17-14)13-9-5-2-6-10-13/h1-10,14H,11H2.